The van der Waals surface area contributed by atoms with Gasteiger partial charge in [-0.25, -0.2) is 0 Å². The van der Waals surface area contributed by atoms with Crippen molar-refractivity contribution in [1.82, 2.24) is 14.8 Å². The molecule has 0 aliphatic heterocycles. The summed E-state index contributed by atoms with van der Waals surface area (Å²) in [5.74, 6) is 1.17. The predicted octanol–water partition coefficient (Wildman–Crippen LogP) is 3.16. The Labute approximate surface area is 162 Å². The van der Waals surface area contributed by atoms with Crippen LogP contribution in [0.1, 0.15) is 12.5 Å². The Hall–Kier alpha value is -2.80. The number of carbonyl (C=O) groups excluding carboxylic acids is 1. The molecule has 0 saturated heterocycles. The summed E-state index contributed by atoms with van der Waals surface area (Å²) in [7, 11) is 1.64. The zero-order valence-corrected chi connectivity index (χ0v) is 16.1. The molecule has 6 nitrogen and oxygen atoms in total. The van der Waals surface area contributed by atoms with Crippen LogP contribution >= 0.6 is 11.8 Å². The van der Waals surface area contributed by atoms with Gasteiger partial charge in [0.25, 0.3) is 0 Å². The third-order valence-electron chi connectivity index (χ3n) is 4.21. The zero-order chi connectivity index (χ0) is 19.2. The van der Waals surface area contributed by atoms with Crippen LogP contribution in [0.15, 0.2) is 59.8 Å². The molecule has 0 aliphatic carbocycles. The molecule has 0 aliphatic rings. The fourth-order valence-corrected chi connectivity index (χ4v) is 3.46. The third-order valence-corrected chi connectivity index (χ3v) is 5.31. The molecule has 0 bridgehead atoms. The van der Waals surface area contributed by atoms with Gasteiger partial charge in [0.1, 0.15) is 5.75 Å². The van der Waals surface area contributed by atoms with Gasteiger partial charge in [-0.15, -0.1) is 10.2 Å². The fraction of sp³-hybridized carbons (Fsp3) is 0.250. The lowest BCUT2D eigenvalue weighted by molar-refractivity contribution is -0.117. The molecular weight excluding hydrogens is 360 g/mol. The first kappa shape index (κ1) is 19.0. The number of benzene rings is 2. The summed E-state index contributed by atoms with van der Waals surface area (Å²) in [6, 6.07) is 17.9. The number of amides is 1. The summed E-state index contributed by atoms with van der Waals surface area (Å²) >= 11 is 1.33. The molecule has 3 rings (SSSR count). The number of carbonyl (C=O) groups is 1. The molecule has 0 radical (unpaired) electrons. The Morgan fingerprint density at radius 1 is 1.15 bits per heavy atom. The molecule has 1 aromatic heterocycles. The van der Waals surface area contributed by atoms with Gasteiger partial charge in [-0.1, -0.05) is 42.1 Å². The Morgan fingerprint density at radius 2 is 1.85 bits per heavy atom. The summed E-state index contributed by atoms with van der Waals surface area (Å²) in [6.45, 7) is 2.47. The SMILES string of the molecule is COc1ccc(-c2nnc(SC(C)C(N)=O)n2CCc2ccccc2)cc1. The van der Waals surface area contributed by atoms with E-state index in [-0.39, 0.29) is 11.2 Å². The van der Waals surface area contributed by atoms with E-state index in [1.54, 1.807) is 14.0 Å². The largest absolute Gasteiger partial charge is 0.497 e. The molecule has 0 saturated carbocycles. The Morgan fingerprint density at radius 3 is 2.48 bits per heavy atom. The highest BCUT2D eigenvalue weighted by molar-refractivity contribution is 8.00. The second kappa shape index (κ2) is 8.73. The minimum Gasteiger partial charge on any atom is -0.497 e. The first-order valence-corrected chi connectivity index (χ1v) is 9.54. The van der Waals surface area contributed by atoms with Gasteiger partial charge >= 0.3 is 0 Å². The minimum atomic E-state index is -0.381. The van der Waals surface area contributed by atoms with E-state index in [2.05, 4.69) is 22.3 Å². The molecule has 1 heterocycles. The van der Waals surface area contributed by atoms with E-state index in [0.717, 1.165) is 23.6 Å². The zero-order valence-electron chi connectivity index (χ0n) is 15.3. The summed E-state index contributed by atoms with van der Waals surface area (Å²) < 4.78 is 7.27. The van der Waals surface area contributed by atoms with Crippen molar-refractivity contribution in [3.8, 4) is 17.1 Å². The number of methoxy groups -OCH3 is 1. The molecule has 140 valence electrons. The van der Waals surface area contributed by atoms with Crippen LogP contribution in [0.5, 0.6) is 5.75 Å². The van der Waals surface area contributed by atoms with Crippen LogP contribution in [-0.2, 0) is 17.8 Å². The number of hydrogen-bond donors (Lipinski definition) is 1. The highest BCUT2D eigenvalue weighted by atomic mass is 32.2. The van der Waals surface area contributed by atoms with E-state index < -0.39 is 0 Å². The summed E-state index contributed by atoms with van der Waals surface area (Å²) in [5, 5.41) is 8.97. The molecule has 2 aromatic carbocycles. The second-order valence-corrected chi connectivity index (χ2v) is 7.39. The molecule has 0 spiro atoms. The Balaban J connectivity index is 1.91. The van der Waals surface area contributed by atoms with Gasteiger partial charge in [0.15, 0.2) is 11.0 Å². The highest BCUT2D eigenvalue weighted by Gasteiger charge is 2.19. The van der Waals surface area contributed by atoms with Gasteiger partial charge in [0.2, 0.25) is 5.91 Å². The van der Waals surface area contributed by atoms with Gasteiger partial charge in [0.05, 0.1) is 12.4 Å². The molecule has 1 amide bonds. The van der Waals surface area contributed by atoms with Crippen molar-refractivity contribution in [2.45, 2.75) is 30.3 Å². The van der Waals surface area contributed by atoms with Crippen LogP contribution in [0.2, 0.25) is 0 Å². The lowest BCUT2D eigenvalue weighted by Gasteiger charge is -2.12. The van der Waals surface area contributed by atoms with Crippen LogP contribution in [0, 0.1) is 0 Å². The number of primary amides is 1. The number of nitrogens with zero attached hydrogens (tertiary/aromatic N) is 3. The molecule has 1 unspecified atom stereocenters. The second-order valence-electron chi connectivity index (χ2n) is 6.08. The summed E-state index contributed by atoms with van der Waals surface area (Å²) in [4.78, 5) is 11.5. The first-order chi connectivity index (χ1) is 13.1. The van der Waals surface area contributed by atoms with Crippen molar-refractivity contribution in [2.24, 2.45) is 5.73 Å². The number of hydrogen-bond acceptors (Lipinski definition) is 5. The maximum absolute atomic E-state index is 11.5. The summed E-state index contributed by atoms with van der Waals surface area (Å²) in [5.41, 5.74) is 7.59. The van der Waals surface area contributed by atoms with Gasteiger partial charge < -0.3 is 15.0 Å². The normalized spacial score (nSPS) is 11.9. The maximum Gasteiger partial charge on any atom is 0.230 e. The van der Waals surface area contributed by atoms with Crippen LogP contribution in [-0.4, -0.2) is 33.0 Å². The number of aromatic nitrogens is 3. The number of thioether (sulfide) groups is 1. The average molecular weight is 382 g/mol. The first-order valence-electron chi connectivity index (χ1n) is 8.66. The number of rotatable bonds is 8. The van der Waals surface area contributed by atoms with Gasteiger partial charge in [0, 0.05) is 12.1 Å². The van der Waals surface area contributed by atoms with Crippen molar-refractivity contribution >= 4 is 17.7 Å². The van der Waals surface area contributed by atoms with E-state index in [4.69, 9.17) is 10.5 Å². The number of ether oxygens (including phenoxy) is 1. The highest BCUT2D eigenvalue weighted by Crippen LogP contribution is 2.28. The van der Waals surface area contributed by atoms with Crippen molar-refractivity contribution in [2.75, 3.05) is 7.11 Å². The van der Waals surface area contributed by atoms with Crippen LogP contribution in [0.4, 0.5) is 0 Å². The lowest BCUT2D eigenvalue weighted by atomic mass is 10.1. The smallest absolute Gasteiger partial charge is 0.230 e. The monoisotopic (exact) mass is 382 g/mol. The van der Waals surface area contributed by atoms with E-state index in [1.165, 1.54) is 17.3 Å². The fourth-order valence-electron chi connectivity index (χ4n) is 2.63. The molecule has 0 fully saturated rings. The molecule has 27 heavy (non-hydrogen) atoms. The maximum atomic E-state index is 11.5. The molecular formula is C20H22N4O2S. The van der Waals surface area contributed by atoms with E-state index in [9.17, 15) is 4.79 Å². The number of aryl methyl sites for hydroxylation is 1. The van der Waals surface area contributed by atoms with E-state index in [1.807, 2.05) is 47.0 Å². The number of nitrogens with two attached hydrogens (primary N) is 1. The minimum absolute atomic E-state index is 0.372. The molecule has 1 atom stereocenters. The Bertz CT molecular complexity index is 894. The van der Waals surface area contributed by atoms with Gasteiger partial charge in [-0.2, -0.15) is 0 Å². The van der Waals surface area contributed by atoms with Crippen molar-refractivity contribution in [1.29, 1.82) is 0 Å². The topological polar surface area (TPSA) is 83.0 Å². The quantitative estimate of drug-likeness (QED) is 0.605. The van der Waals surface area contributed by atoms with Crippen molar-refractivity contribution < 1.29 is 9.53 Å². The van der Waals surface area contributed by atoms with Gasteiger partial charge in [-0.3, -0.25) is 4.79 Å². The average Bonchev–Trinajstić information content (AvgIpc) is 3.09. The van der Waals surface area contributed by atoms with Crippen LogP contribution in [0.3, 0.4) is 0 Å². The molecule has 2 N–H and O–H groups in total. The van der Waals surface area contributed by atoms with Crippen molar-refractivity contribution in [3.05, 3.63) is 60.2 Å². The van der Waals surface area contributed by atoms with Crippen LogP contribution in [0.25, 0.3) is 11.4 Å². The van der Waals surface area contributed by atoms with Crippen LogP contribution < -0.4 is 10.5 Å². The standard InChI is InChI=1S/C20H22N4O2S/c1-14(18(21)25)27-20-23-22-19(16-8-10-17(26-2)11-9-16)24(20)13-12-15-6-4-3-5-7-15/h3-11,14H,12-13H2,1-2H3,(H2,21,25). The predicted molar refractivity (Wildman–Crippen MR) is 107 cm³/mol. The van der Waals surface area contributed by atoms with E-state index in [0.29, 0.717) is 11.7 Å². The molecule has 3 aromatic rings. The Kier molecular flexibility index (Phi) is 6.13. The molecule has 7 heteroatoms. The van der Waals surface area contributed by atoms with Crippen molar-refractivity contribution in [3.63, 3.8) is 0 Å². The summed E-state index contributed by atoms with van der Waals surface area (Å²) in [6.07, 6.45) is 0.834. The third kappa shape index (κ3) is 4.68. The van der Waals surface area contributed by atoms with E-state index >= 15 is 0 Å². The lowest BCUT2D eigenvalue weighted by Crippen LogP contribution is -2.23. The van der Waals surface area contributed by atoms with Gasteiger partial charge in [-0.05, 0) is 43.2 Å².